The Bertz CT molecular complexity index is 2110. The quantitative estimate of drug-likeness (QED) is 0.131. The van der Waals surface area contributed by atoms with Crippen molar-refractivity contribution in [2.45, 2.75) is 53.0 Å². The van der Waals surface area contributed by atoms with Crippen molar-refractivity contribution in [2.75, 3.05) is 13.2 Å². The molecule has 3 N–H and O–H groups in total. The van der Waals surface area contributed by atoms with Crippen LogP contribution in [0.3, 0.4) is 0 Å². The van der Waals surface area contributed by atoms with Gasteiger partial charge in [-0.1, -0.05) is 88.4 Å². The highest BCUT2D eigenvalue weighted by Crippen LogP contribution is 2.44. The first-order chi connectivity index (χ1) is 27.7. The molecule has 2 saturated carbocycles. The number of nitriles is 2. The molecule has 2 heterocycles. The Balaban J connectivity index is 1.18. The van der Waals surface area contributed by atoms with Crippen molar-refractivity contribution in [3.63, 3.8) is 0 Å². The molecule has 0 aliphatic heterocycles. The predicted molar refractivity (Wildman–Crippen MR) is 225 cm³/mol. The summed E-state index contributed by atoms with van der Waals surface area (Å²) in [5, 5.41) is 43.6. The topological polar surface area (TPSA) is 143 Å². The van der Waals surface area contributed by atoms with Gasteiger partial charge in [-0.25, -0.2) is 0 Å². The zero-order valence-electron chi connectivity index (χ0n) is 33.4. The minimum atomic E-state index is -0.625. The third-order valence-electron chi connectivity index (χ3n) is 12.9. The summed E-state index contributed by atoms with van der Waals surface area (Å²) in [5.41, 5.74) is 6.24. The van der Waals surface area contributed by atoms with Gasteiger partial charge in [-0.3, -0.25) is 14.8 Å². The summed E-state index contributed by atoms with van der Waals surface area (Å²) in [7, 11) is 0. The van der Waals surface area contributed by atoms with Crippen LogP contribution in [0.2, 0.25) is 0 Å². The number of amides is 1. The summed E-state index contributed by atoms with van der Waals surface area (Å²) in [5.74, 6) is 0.479. The Labute approximate surface area is 338 Å². The summed E-state index contributed by atoms with van der Waals surface area (Å²) in [6.07, 6.45) is 16.4. The van der Waals surface area contributed by atoms with Crippen LogP contribution in [0.4, 0.5) is 0 Å². The Morgan fingerprint density at radius 1 is 0.789 bits per heavy atom. The van der Waals surface area contributed by atoms with Gasteiger partial charge in [-0.2, -0.15) is 10.5 Å². The highest BCUT2D eigenvalue weighted by atomic mass is 16.3. The fraction of sp³-hybridized carbons (Fsp3) is 0.388. The van der Waals surface area contributed by atoms with Gasteiger partial charge in [-0.05, 0) is 109 Å². The van der Waals surface area contributed by atoms with Gasteiger partial charge in [-0.15, -0.1) is 0 Å². The van der Waals surface area contributed by atoms with Gasteiger partial charge in [0.15, 0.2) is 0 Å². The van der Waals surface area contributed by atoms with E-state index >= 15 is 0 Å². The van der Waals surface area contributed by atoms with Crippen LogP contribution in [0.15, 0.2) is 97.3 Å². The molecule has 0 bridgehead atoms. The van der Waals surface area contributed by atoms with Crippen LogP contribution >= 0.6 is 0 Å². The maximum atomic E-state index is 14.3. The Morgan fingerprint density at radius 3 is 1.84 bits per heavy atom. The first kappa shape index (κ1) is 41.2. The zero-order valence-corrected chi connectivity index (χ0v) is 33.4. The van der Waals surface area contributed by atoms with E-state index < -0.39 is 5.92 Å². The number of carbonyl (C=O) groups excluding carboxylic acids is 1. The largest absolute Gasteiger partial charge is 0.396 e. The lowest BCUT2D eigenvalue weighted by Gasteiger charge is -2.46. The predicted octanol–water partition coefficient (Wildman–Crippen LogP) is 8.78. The Hall–Kier alpha value is -5.41. The van der Waals surface area contributed by atoms with E-state index in [1.807, 2.05) is 72.8 Å². The molecule has 2 fully saturated rings. The molecule has 2 aliphatic rings. The number of carbonyl (C=O) groups is 1. The number of aliphatic hydroxyl groups excluding tert-OH is 2. The van der Waals surface area contributed by atoms with E-state index in [0.29, 0.717) is 35.3 Å². The van der Waals surface area contributed by atoms with E-state index in [2.05, 4.69) is 68.7 Å². The molecule has 6 rings (SSSR count). The van der Waals surface area contributed by atoms with Gasteiger partial charge in [0.25, 0.3) is 0 Å². The number of aliphatic hydroxyl groups is 2. The van der Waals surface area contributed by atoms with Crippen molar-refractivity contribution in [2.24, 2.45) is 53.3 Å². The maximum absolute atomic E-state index is 14.3. The van der Waals surface area contributed by atoms with Crippen molar-refractivity contribution in [1.29, 1.82) is 10.5 Å². The molecular weight excluding hydrogens is 707 g/mol. The summed E-state index contributed by atoms with van der Waals surface area (Å²) >= 11 is 0. The molecule has 2 aromatic heterocycles. The number of rotatable bonds is 12. The molecule has 293 valence electrons. The number of allylic oxidation sites excluding steroid dienone is 2. The molecule has 2 aromatic carbocycles. The minimum absolute atomic E-state index is 0.00154. The molecule has 2 aliphatic carbocycles. The van der Waals surface area contributed by atoms with Gasteiger partial charge in [0.1, 0.15) is 0 Å². The smallest absolute Gasteiger partial charge is 0.225 e. The summed E-state index contributed by atoms with van der Waals surface area (Å²) in [6, 6.07) is 27.2. The molecule has 0 spiro atoms. The number of hydrogen-bond acceptors (Lipinski definition) is 7. The second kappa shape index (κ2) is 19.2. The molecule has 57 heavy (non-hydrogen) atoms. The average Bonchev–Trinajstić information content (AvgIpc) is 3.24. The van der Waals surface area contributed by atoms with Crippen LogP contribution < -0.4 is 5.32 Å². The van der Waals surface area contributed by atoms with Gasteiger partial charge in [0.2, 0.25) is 5.91 Å². The van der Waals surface area contributed by atoms with Crippen molar-refractivity contribution in [1.82, 2.24) is 15.3 Å². The fourth-order valence-corrected chi connectivity index (χ4v) is 9.14. The molecular formula is C49H54N5O3. The molecule has 4 aromatic rings. The second-order valence-corrected chi connectivity index (χ2v) is 16.2. The maximum Gasteiger partial charge on any atom is 0.225 e. The lowest BCUT2D eigenvalue weighted by molar-refractivity contribution is -0.131. The third-order valence-corrected chi connectivity index (χ3v) is 12.9. The van der Waals surface area contributed by atoms with E-state index in [-0.39, 0.29) is 54.8 Å². The fourth-order valence-electron chi connectivity index (χ4n) is 9.14. The van der Waals surface area contributed by atoms with Crippen LogP contribution in [0.25, 0.3) is 34.4 Å². The van der Waals surface area contributed by atoms with Gasteiger partial charge >= 0.3 is 0 Å². The minimum Gasteiger partial charge on any atom is -0.396 e. The van der Waals surface area contributed by atoms with Crippen LogP contribution in [-0.4, -0.2) is 45.3 Å². The number of pyridine rings is 2. The average molecular weight is 761 g/mol. The third kappa shape index (κ3) is 9.42. The van der Waals surface area contributed by atoms with Gasteiger partial charge < -0.3 is 15.5 Å². The van der Waals surface area contributed by atoms with Crippen LogP contribution in [0.5, 0.6) is 0 Å². The number of aromatic nitrogens is 2. The van der Waals surface area contributed by atoms with Crippen molar-refractivity contribution < 1.29 is 15.0 Å². The van der Waals surface area contributed by atoms with E-state index in [1.54, 1.807) is 24.5 Å². The molecule has 10 atom stereocenters. The molecule has 1 radical (unpaired) electrons. The summed E-state index contributed by atoms with van der Waals surface area (Å²) < 4.78 is 0. The molecule has 0 saturated heterocycles. The number of hydrogen-bond donors (Lipinski definition) is 3. The standard InChI is InChI=1S/C49H54N5O3/c1-31-13-20-45(41(33(31)3)21-18-39-16-14-37(28-52-39)43-11-7-5-9-35(43)26-50)47(30-56)49(57)54-48-25-32(2)34(4)42(46(48)23-24-55)22-19-40-17-15-38(29-53-40)44-12-8-6-10-36(44)27-51/h5-12,14-22,28-29,31-34,41-42,45-48,55-56H,13,23-25,30H2,1-4H3,(H,54,57)/b21-18+,22-19+/t31-,32-,33+,34+,41-,42-,45+,46-,47+,48+/m0/s1. The monoisotopic (exact) mass is 760 g/mol. The van der Waals surface area contributed by atoms with E-state index in [4.69, 9.17) is 4.98 Å². The highest BCUT2D eigenvalue weighted by molar-refractivity contribution is 5.80. The van der Waals surface area contributed by atoms with E-state index in [0.717, 1.165) is 46.5 Å². The molecule has 8 heteroatoms. The molecule has 1 amide bonds. The number of benzene rings is 2. The first-order valence-corrected chi connectivity index (χ1v) is 20.3. The van der Waals surface area contributed by atoms with Gasteiger partial charge in [0.05, 0.1) is 47.2 Å². The Morgan fingerprint density at radius 2 is 1.33 bits per heavy atom. The first-order valence-electron chi connectivity index (χ1n) is 20.3. The molecule has 8 nitrogen and oxygen atoms in total. The second-order valence-electron chi connectivity index (χ2n) is 16.2. The van der Waals surface area contributed by atoms with Crippen molar-refractivity contribution in [3.05, 3.63) is 126 Å². The lowest BCUT2D eigenvalue weighted by atomic mass is 9.63. The van der Waals surface area contributed by atoms with Crippen molar-refractivity contribution >= 4 is 18.1 Å². The highest BCUT2D eigenvalue weighted by Gasteiger charge is 2.44. The SMILES string of the molecule is C[C@H]1[C@H](/C=C/c2ccc(-c3ccccc3C#N)cn2)[C@H]([C@@H](CO)C(=O)N[C@@H]2C[C@H](C)[C@@H](C)[C@H](/C=C/c3ccc(-c4ccccc4C#N)cn3)[C@@H]2CCO)[CH]C[C@@H]1C. The van der Waals surface area contributed by atoms with Crippen LogP contribution in [-0.2, 0) is 4.79 Å². The van der Waals surface area contributed by atoms with Crippen LogP contribution in [0, 0.1) is 82.3 Å². The van der Waals surface area contributed by atoms with E-state index in [9.17, 15) is 25.5 Å². The van der Waals surface area contributed by atoms with E-state index in [1.165, 1.54) is 0 Å². The zero-order chi connectivity index (χ0) is 40.5. The Kier molecular flexibility index (Phi) is 13.9. The number of nitrogens with zero attached hydrogens (tertiary/aromatic N) is 4. The number of nitrogens with one attached hydrogen (secondary N) is 1. The summed E-state index contributed by atoms with van der Waals surface area (Å²) in [4.78, 5) is 23.7. The van der Waals surface area contributed by atoms with Crippen LogP contribution in [0.1, 0.15) is 69.5 Å². The van der Waals surface area contributed by atoms with Gasteiger partial charge in [0, 0.05) is 47.3 Å². The summed E-state index contributed by atoms with van der Waals surface area (Å²) in [6.45, 7) is 8.68. The molecule has 0 unspecified atom stereocenters. The lowest BCUT2D eigenvalue weighted by Crippen LogP contribution is -2.53. The normalized spacial score (nSPS) is 26.8. The van der Waals surface area contributed by atoms with Crippen molar-refractivity contribution in [3.8, 4) is 34.4 Å².